The van der Waals surface area contributed by atoms with Crippen molar-refractivity contribution in [3.8, 4) is 21.6 Å². The molecular formula is C21H11BrS3. The van der Waals surface area contributed by atoms with Crippen LogP contribution in [-0.2, 0) is 6.42 Å². The number of hydrogen-bond donors (Lipinski definition) is 0. The minimum absolute atomic E-state index is 1.05. The molecule has 3 heterocycles. The van der Waals surface area contributed by atoms with Crippen molar-refractivity contribution in [1.29, 1.82) is 0 Å². The van der Waals surface area contributed by atoms with Gasteiger partial charge in [-0.1, -0.05) is 42.5 Å². The predicted octanol–water partition coefficient (Wildman–Crippen LogP) is 8.18. The van der Waals surface area contributed by atoms with Gasteiger partial charge in [0.25, 0.3) is 0 Å². The third kappa shape index (κ3) is 2.08. The molecule has 1 aliphatic rings. The van der Waals surface area contributed by atoms with E-state index in [1.807, 2.05) is 34.0 Å². The molecule has 0 unspecified atom stereocenters. The Kier molecular flexibility index (Phi) is 3.10. The monoisotopic (exact) mass is 438 g/mol. The van der Waals surface area contributed by atoms with Gasteiger partial charge in [0.05, 0.1) is 13.2 Å². The zero-order valence-corrected chi connectivity index (χ0v) is 17.0. The first-order valence-corrected chi connectivity index (χ1v) is 11.3. The lowest BCUT2D eigenvalue weighted by atomic mass is 10.0. The van der Waals surface area contributed by atoms with Gasteiger partial charge in [-0.15, -0.1) is 34.0 Å². The standard InChI is InChI=1S/C21H11BrS3/c22-19-10-18-21(25-19)20-17(23-18)9-16(24-20)14-7-3-6-13-12-5-2-1-4-11(12)8-15(13)14/h1-7,9-10H,8H2. The molecule has 0 N–H and O–H groups in total. The Hall–Kier alpha value is -1.46. The fraction of sp³-hybridized carbons (Fsp3) is 0.0476. The van der Waals surface area contributed by atoms with Crippen LogP contribution in [0.3, 0.4) is 0 Å². The summed E-state index contributed by atoms with van der Waals surface area (Å²) in [6.07, 6.45) is 1.05. The van der Waals surface area contributed by atoms with E-state index in [4.69, 9.17) is 0 Å². The van der Waals surface area contributed by atoms with Crippen molar-refractivity contribution in [2.75, 3.05) is 0 Å². The molecule has 0 atom stereocenters. The molecule has 4 heteroatoms. The summed E-state index contributed by atoms with van der Waals surface area (Å²) in [5.74, 6) is 0. The van der Waals surface area contributed by atoms with E-state index in [2.05, 4.69) is 70.5 Å². The Morgan fingerprint density at radius 3 is 2.44 bits per heavy atom. The molecule has 0 nitrogen and oxygen atoms in total. The van der Waals surface area contributed by atoms with Gasteiger partial charge in [0.15, 0.2) is 0 Å². The largest absolute Gasteiger partial charge is 0.133 e. The van der Waals surface area contributed by atoms with E-state index in [0.717, 1.165) is 6.42 Å². The lowest BCUT2D eigenvalue weighted by Gasteiger charge is -2.06. The SMILES string of the molecule is Brc1cc2sc3cc(-c4cccc5c4Cc4ccccc4-5)sc3c2s1. The minimum Gasteiger partial charge on any atom is -0.133 e. The van der Waals surface area contributed by atoms with Crippen LogP contribution in [0.1, 0.15) is 11.1 Å². The molecule has 25 heavy (non-hydrogen) atoms. The number of benzene rings is 2. The summed E-state index contributed by atoms with van der Waals surface area (Å²) >= 11 is 9.33. The van der Waals surface area contributed by atoms with Crippen molar-refractivity contribution in [3.05, 3.63) is 69.5 Å². The molecular weight excluding hydrogens is 428 g/mol. The van der Waals surface area contributed by atoms with Crippen molar-refractivity contribution in [3.63, 3.8) is 0 Å². The number of halogens is 1. The van der Waals surface area contributed by atoms with Crippen molar-refractivity contribution in [2.45, 2.75) is 6.42 Å². The van der Waals surface area contributed by atoms with Gasteiger partial charge in [-0.25, -0.2) is 0 Å². The summed E-state index contributed by atoms with van der Waals surface area (Å²) in [7, 11) is 0. The molecule has 2 aromatic carbocycles. The van der Waals surface area contributed by atoms with E-state index in [-0.39, 0.29) is 0 Å². The zero-order chi connectivity index (χ0) is 16.5. The first-order chi connectivity index (χ1) is 12.3. The molecule has 6 rings (SSSR count). The van der Waals surface area contributed by atoms with Crippen LogP contribution in [-0.4, -0.2) is 0 Å². The fourth-order valence-electron chi connectivity index (χ4n) is 3.83. The minimum atomic E-state index is 1.05. The molecule has 1 aliphatic carbocycles. The van der Waals surface area contributed by atoms with Gasteiger partial charge in [0, 0.05) is 14.3 Å². The quantitative estimate of drug-likeness (QED) is 0.242. The van der Waals surface area contributed by atoms with E-state index in [1.165, 1.54) is 55.3 Å². The van der Waals surface area contributed by atoms with Gasteiger partial charge in [0.1, 0.15) is 0 Å². The van der Waals surface area contributed by atoms with E-state index in [9.17, 15) is 0 Å². The summed E-state index contributed by atoms with van der Waals surface area (Å²) < 4.78 is 6.91. The first-order valence-electron chi connectivity index (χ1n) is 8.10. The summed E-state index contributed by atoms with van der Waals surface area (Å²) in [5, 5.41) is 0. The van der Waals surface area contributed by atoms with Gasteiger partial charge >= 0.3 is 0 Å². The molecule has 5 aromatic rings. The van der Waals surface area contributed by atoms with Crippen LogP contribution in [0.4, 0.5) is 0 Å². The highest BCUT2D eigenvalue weighted by Crippen LogP contribution is 2.49. The van der Waals surface area contributed by atoms with Crippen LogP contribution < -0.4 is 0 Å². The fourth-order valence-corrected chi connectivity index (χ4v) is 8.50. The zero-order valence-electron chi connectivity index (χ0n) is 13.0. The molecule has 0 radical (unpaired) electrons. The maximum Gasteiger partial charge on any atom is 0.0719 e. The van der Waals surface area contributed by atoms with Crippen LogP contribution in [0.25, 0.3) is 40.4 Å². The number of thiophene rings is 3. The molecule has 0 fully saturated rings. The van der Waals surface area contributed by atoms with Gasteiger partial charge in [0.2, 0.25) is 0 Å². The van der Waals surface area contributed by atoms with Gasteiger partial charge < -0.3 is 0 Å². The Balaban J connectivity index is 1.58. The third-order valence-corrected chi connectivity index (χ3v) is 9.22. The van der Waals surface area contributed by atoms with Crippen LogP contribution in [0, 0.1) is 0 Å². The van der Waals surface area contributed by atoms with Crippen molar-refractivity contribution < 1.29 is 0 Å². The van der Waals surface area contributed by atoms with Crippen LogP contribution in [0.15, 0.2) is 58.4 Å². The first kappa shape index (κ1) is 14.7. The molecule has 0 amide bonds. The number of hydrogen-bond acceptors (Lipinski definition) is 3. The summed E-state index contributed by atoms with van der Waals surface area (Å²) in [4.78, 5) is 1.40. The Labute approximate surface area is 165 Å². The van der Waals surface area contributed by atoms with Gasteiger partial charge in [-0.3, -0.25) is 0 Å². The van der Waals surface area contributed by atoms with Gasteiger partial charge in [-0.2, -0.15) is 0 Å². The second kappa shape index (κ2) is 5.27. The smallest absolute Gasteiger partial charge is 0.0719 e. The lowest BCUT2D eigenvalue weighted by Crippen LogP contribution is -1.85. The Bertz CT molecular complexity index is 1290. The normalized spacial score (nSPS) is 12.8. The van der Waals surface area contributed by atoms with Crippen LogP contribution in [0.2, 0.25) is 0 Å². The molecule has 0 aliphatic heterocycles. The third-order valence-electron chi connectivity index (χ3n) is 4.91. The summed E-state index contributed by atoms with van der Waals surface area (Å²) in [6.45, 7) is 0. The molecule has 0 saturated heterocycles. The summed E-state index contributed by atoms with van der Waals surface area (Å²) in [5.41, 5.74) is 7.16. The van der Waals surface area contributed by atoms with Crippen molar-refractivity contribution in [1.82, 2.24) is 0 Å². The van der Waals surface area contributed by atoms with Crippen molar-refractivity contribution in [2.24, 2.45) is 0 Å². The van der Waals surface area contributed by atoms with E-state index in [1.54, 1.807) is 0 Å². The highest BCUT2D eigenvalue weighted by Gasteiger charge is 2.22. The molecule has 120 valence electrons. The van der Waals surface area contributed by atoms with Gasteiger partial charge in [-0.05, 0) is 62.3 Å². The molecule has 0 bridgehead atoms. The predicted molar refractivity (Wildman–Crippen MR) is 116 cm³/mol. The molecule has 0 saturated carbocycles. The Morgan fingerprint density at radius 2 is 1.48 bits per heavy atom. The van der Waals surface area contributed by atoms with Crippen LogP contribution in [0.5, 0.6) is 0 Å². The maximum absolute atomic E-state index is 3.63. The average Bonchev–Trinajstić information content (AvgIpc) is 3.33. The highest BCUT2D eigenvalue weighted by atomic mass is 79.9. The topological polar surface area (TPSA) is 0 Å². The van der Waals surface area contributed by atoms with Crippen LogP contribution >= 0.6 is 49.9 Å². The second-order valence-corrected chi connectivity index (χ2v) is 10.9. The summed E-state index contributed by atoms with van der Waals surface area (Å²) in [6, 6.07) is 20.2. The van der Waals surface area contributed by atoms with E-state index >= 15 is 0 Å². The van der Waals surface area contributed by atoms with E-state index in [0.29, 0.717) is 0 Å². The number of fused-ring (bicyclic) bond motifs is 6. The van der Waals surface area contributed by atoms with E-state index < -0.39 is 0 Å². The van der Waals surface area contributed by atoms with Crippen molar-refractivity contribution >= 4 is 68.7 Å². The number of rotatable bonds is 1. The Morgan fingerprint density at radius 1 is 0.720 bits per heavy atom. The molecule has 0 spiro atoms. The average molecular weight is 439 g/mol. The molecule has 3 aromatic heterocycles. The second-order valence-electron chi connectivity index (χ2n) is 6.32. The highest BCUT2D eigenvalue weighted by molar-refractivity contribution is 9.11. The maximum atomic E-state index is 3.63. The lowest BCUT2D eigenvalue weighted by molar-refractivity contribution is 1.27.